The SMILES string of the molecule is CNCC(=O)NCCOc1ccc(Oc2nc3ncc(Cl)cc3s2)cc1. The molecule has 136 valence electrons. The van der Waals surface area contributed by atoms with Crippen LogP contribution in [0.15, 0.2) is 36.5 Å². The van der Waals surface area contributed by atoms with Crippen LogP contribution in [0.5, 0.6) is 16.7 Å². The highest BCUT2D eigenvalue weighted by Crippen LogP contribution is 2.32. The molecule has 0 aliphatic heterocycles. The Balaban J connectivity index is 1.51. The first-order valence-corrected chi connectivity index (χ1v) is 9.07. The average molecular weight is 393 g/mol. The largest absolute Gasteiger partial charge is 0.492 e. The maximum absolute atomic E-state index is 11.3. The first-order valence-electron chi connectivity index (χ1n) is 7.88. The van der Waals surface area contributed by atoms with Crippen LogP contribution in [0.1, 0.15) is 0 Å². The average Bonchev–Trinajstić information content (AvgIpc) is 3.01. The molecule has 7 nitrogen and oxygen atoms in total. The van der Waals surface area contributed by atoms with Crippen LogP contribution in [0.3, 0.4) is 0 Å². The van der Waals surface area contributed by atoms with Crippen LogP contribution in [0.2, 0.25) is 5.02 Å². The Kier molecular flexibility index (Phi) is 6.21. The molecule has 1 amide bonds. The van der Waals surface area contributed by atoms with Gasteiger partial charge < -0.3 is 20.1 Å². The van der Waals surface area contributed by atoms with Gasteiger partial charge in [0, 0.05) is 6.20 Å². The number of nitrogens with zero attached hydrogens (tertiary/aromatic N) is 2. The predicted octanol–water partition coefficient (Wildman–Crippen LogP) is 2.85. The van der Waals surface area contributed by atoms with Gasteiger partial charge in [-0.15, -0.1) is 0 Å². The van der Waals surface area contributed by atoms with Crippen molar-refractivity contribution in [2.45, 2.75) is 0 Å². The van der Waals surface area contributed by atoms with Crippen molar-refractivity contribution in [3.63, 3.8) is 0 Å². The maximum Gasteiger partial charge on any atom is 0.281 e. The minimum Gasteiger partial charge on any atom is -0.492 e. The third kappa shape index (κ3) is 5.04. The van der Waals surface area contributed by atoms with Crippen molar-refractivity contribution in [2.24, 2.45) is 0 Å². The Morgan fingerprint density at radius 1 is 1.27 bits per heavy atom. The van der Waals surface area contributed by atoms with Crippen molar-refractivity contribution < 1.29 is 14.3 Å². The Morgan fingerprint density at radius 3 is 2.81 bits per heavy atom. The van der Waals surface area contributed by atoms with Gasteiger partial charge in [-0.3, -0.25) is 4.79 Å². The second-order valence-corrected chi connectivity index (χ2v) is 6.69. The molecule has 0 saturated carbocycles. The number of fused-ring (bicyclic) bond motifs is 1. The van der Waals surface area contributed by atoms with Gasteiger partial charge in [-0.1, -0.05) is 22.9 Å². The summed E-state index contributed by atoms with van der Waals surface area (Å²) in [5.74, 6) is 1.27. The summed E-state index contributed by atoms with van der Waals surface area (Å²) in [7, 11) is 1.72. The van der Waals surface area contributed by atoms with E-state index in [0.717, 1.165) is 4.70 Å². The lowest BCUT2D eigenvalue weighted by molar-refractivity contribution is -0.120. The topological polar surface area (TPSA) is 85.4 Å². The van der Waals surface area contributed by atoms with E-state index in [1.165, 1.54) is 11.3 Å². The molecule has 0 aliphatic carbocycles. The monoisotopic (exact) mass is 392 g/mol. The van der Waals surface area contributed by atoms with Crippen molar-refractivity contribution >= 4 is 39.2 Å². The fraction of sp³-hybridized carbons (Fsp3) is 0.235. The van der Waals surface area contributed by atoms with Gasteiger partial charge in [-0.05, 0) is 37.4 Å². The maximum atomic E-state index is 11.3. The van der Waals surface area contributed by atoms with Gasteiger partial charge >= 0.3 is 0 Å². The van der Waals surface area contributed by atoms with Gasteiger partial charge in [0.15, 0.2) is 5.65 Å². The second kappa shape index (κ2) is 8.79. The number of hydrogen-bond acceptors (Lipinski definition) is 7. The van der Waals surface area contributed by atoms with E-state index in [9.17, 15) is 4.79 Å². The summed E-state index contributed by atoms with van der Waals surface area (Å²) in [6.07, 6.45) is 1.56. The van der Waals surface area contributed by atoms with Crippen LogP contribution in [-0.2, 0) is 4.79 Å². The molecule has 0 aliphatic rings. The smallest absolute Gasteiger partial charge is 0.281 e. The van der Waals surface area contributed by atoms with E-state index in [4.69, 9.17) is 21.1 Å². The third-order valence-electron chi connectivity index (χ3n) is 3.25. The lowest BCUT2D eigenvalue weighted by Crippen LogP contribution is -2.34. The van der Waals surface area contributed by atoms with Crippen molar-refractivity contribution in [1.29, 1.82) is 0 Å². The summed E-state index contributed by atoms with van der Waals surface area (Å²) in [5.41, 5.74) is 0.606. The molecule has 26 heavy (non-hydrogen) atoms. The number of halogens is 1. The molecule has 0 spiro atoms. The Labute approximate surface area is 159 Å². The minimum absolute atomic E-state index is 0.0635. The van der Waals surface area contributed by atoms with E-state index in [1.54, 1.807) is 43.6 Å². The molecule has 0 radical (unpaired) electrons. The van der Waals surface area contributed by atoms with Crippen molar-refractivity contribution in [3.8, 4) is 16.7 Å². The Bertz CT molecular complexity index is 885. The molecular weight excluding hydrogens is 376 g/mol. The van der Waals surface area contributed by atoms with Crippen molar-refractivity contribution in [2.75, 3.05) is 26.7 Å². The highest BCUT2D eigenvalue weighted by molar-refractivity contribution is 7.20. The molecule has 0 unspecified atom stereocenters. The number of aromatic nitrogens is 2. The Morgan fingerprint density at radius 2 is 2.04 bits per heavy atom. The summed E-state index contributed by atoms with van der Waals surface area (Å²) >= 11 is 7.30. The molecule has 2 N–H and O–H groups in total. The fourth-order valence-corrected chi connectivity index (χ4v) is 3.16. The van der Waals surface area contributed by atoms with Crippen molar-refractivity contribution in [1.82, 2.24) is 20.6 Å². The molecule has 3 aromatic rings. The van der Waals surface area contributed by atoms with Crippen LogP contribution < -0.4 is 20.1 Å². The Hall–Kier alpha value is -2.42. The fourth-order valence-electron chi connectivity index (χ4n) is 2.11. The second-order valence-electron chi connectivity index (χ2n) is 5.26. The van der Waals surface area contributed by atoms with Crippen molar-refractivity contribution in [3.05, 3.63) is 41.6 Å². The third-order valence-corrected chi connectivity index (χ3v) is 4.33. The number of carbonyl (C=O) groups excluding carboxylic acids is 1. The number of pyridine rings is 1. The molecule has 2 aromatic heterocycles. The molecule has 0 saturated heterocycles. The highest BCUT2D eigenvalue weighted by Gasteiger charge is 2.08. The highest BCUT2D eigenvalue weighted by atomic mass is 35.5. The number of thiazole rings is 1. The number of carbonyl (C=O) groups is 1. The molecule has 1 aromatic carbocycles. The lowest BCUT2D eigenvalue weighted by atomic mass is 10.3. The van der Waals surface area contributed by atoms with E-state index in [1.807, 2.05) is 0 Å². The van der Waals surface area contributed by atoms with Crippen LogP contribution in [0.4, 0.5) is 0 Å². The molecule has 2 heterocycles. The quantitative estimate of drug-likeness (QED) is 0.573. The normalized spacial score (nSPS) is 10.7. The van der Waals surface area contributed by atoms with Crippen LogP contribution in [-0.4, -0.2) is 42.6 Å². The number of nitrogens with one attached hydrogen (secondary N) is 2. The van der Waals surface area contributed by atoms with Gasteiger partial charge in [0.05, 0.1) is 22.8 Å². The summed E-state index contributed by atoms with van der Waals surface area (Å²) < 4.78 is 12.2. The predicted molar refractivity (Wildman–Crippen MR) is 101 cm³/mol. The molecule has 9 heteroatoms. The number of hydrogen-bond donors (Lipinski definition) is 2. The molecule has 0 bridgehead atoms. The van der Waals surface area contributed by atoms with Crippen LogP contribution >= 0.6 is 22.9 Å². The van der Waals surface area contributed by atoms with Crippen LogP contribution in [0, 0.1) is 0 Å². The molecule has 0 fully saturated rings. The summed E-state index contributed by atoms with van der Waals surface area (Å²) in [6.45, 7) is 1.12. The van der Waals surface area contributed by atoms with Crippen LogP contribution in [0.25, 0.3) is 10.3 Å². The van der Waals surface area contributed by atoms with E-state index in [0.29, 0.717) is 47.1 Å². The molecule has 3 rings (SSSR count). The zero-order valence-electron chi connectivity index (χ0n) is 14.0. The van der Waals surface area contributed by atoms with E-state index in [-0.39, 0.29) is 5.91 Å². The minimum atomic E-state index is -0.0635. The number of rotatable bonds is 8. The van der Waals surface area contributed by atoms with Gasteiger partial charge in [-0.2, -0.15) is 4.98 Å². The van der Waals surface area contributed by atoms with Gasteiger partial charge in [0.25, 0.3) is 5.19 Å². The zero-order chi connectivity index (χ0) is 18.4. The van der Waals surface area contributed by atoms with E-state index >= 15 is 0 Å². The lowest BCUT2D eigenvalue weighted by Gasteiger charge is -2.08. The summed E-state index contributed by atoms with van der Waals surface area (Å²) in [6, 6.07) is 8.99. The van der Waals surface area contributed by atoms with Gasteiger partial charge in [0.2, 0.25) is 5.91 Å². The molecular formula is C17H17ClN4O3S. The standard InChI is InChI=1S/C17H17ClN4O3S/c1-19-10-15(23)20-6-7-24-12-2-4-13(5-3-12)25-17-22-16-14(26-17)8-11(18)9-21-16/h2-5,8-9,19H,6-7,10H2,1H3,(H,20,23). The first kappa shape index (κ1) is 18.4. The van der Waals surface area contributed by atoms with Gasteiger partial charge in [-0.25, -0.2) is 4.98 Å². The summed E-state index contributed by atoms with van der Waals surface area (Å²) in [4.78, 5) is 19.8. The number of likely N-dealkylation sites (N-methyl/N-ethyl adjacent to an activating group) is 1. The van der Waals surface area contributed by atoms with E-state index in [2.05, 4.69) is 20.6 Å². The summed E-state index contributed by atoms with van der Waals surface area (Å²) in [5, 5.41) is 6.59. The zero-order valence-corrected chi connectivity index (χ0v) is 15.6. The number of amides is 1. The number of benzene rings is 1. The van der Waals surface area contributed by atoms with E-state index < -0.39 is 0 Å². The van der Waals surface area contributed by atoms with Gasteiger partial charge in [0.1, 0.15) is 18.1 Å². The number of ether oxygens (including phenoxy) is 2. The molecule has 0 atom stereocenters. The first-order chi connectivity index (χ1) is 12.6.